The standard InChI is InChI=1S/C32H34N4O3S/c1-22(2)27-14-9-23(3)19-28(27)39-21-24-10-12-26(13-11-24)31(37)35-33-20-29-30(25-7-5-4-6-8-25)34-32(40-29)36-15-17-38-18-16-36/h4-14,19-20,22H,15-18,21H2,1-3H3,(H,35,37). The molecule has 4 aromatic rings. The van der Waals surface area contributed by atoms with Crippen molar-refractivity contribution in [2.45, 2.75) is 33.3 Å². The number of thiazole rings is 1. The van der Waals surface area contributed by atoms with Gasteiger partial charge in [0.2, 0.25) is 0 Å². The van der Waals surface area contributed by atoms with Gasteiger partial charge >= 0.3 is 0 Å². The van der Waals surface area contributed by atoms with E-state index in [0.29, 0.717) is 31.3 Å². The summed E-state index contributed by atoms with van der Waals surface area (Å²) in [7, 11) is 0. The van der Waals surface area contributed by atoms with E-state index in [-0.39, 0.29) is 5.91 Å². The molecule has 1 aliphatic rings. The van der Waals surface area contributed by atoms with Crippen molar-refractivity contribution in [2.24, 2.45) is 5.10 Å². The second-order valence-electron chi connectivity index (χ2n) is 10.1. The van der Waals surface area contributed by atoms with Gasteiger partial charge < -0.3 is 14.4 Å². The smallest absolute Gasteiger partial charge is 0.271 e. The van der Waals surface area contributed by atoms with Crippen LogP contribution < -0.4 is 15.1 Å². The quantitative estimate of drug-likeness (QED) is 0.191. The largest absolute Gasteiger partial charge is 0.489 e. The number of carbonyl (C=O) groups is 1. The average molecular weight is 555 g/mol. The summed E-state index contributed by atoms with van der Waals surface area (Å²) >= 11 is 1.56. The fraction of sp³-hybridized carbons (Fsp3) is 0.281. The number of morpholine rings is 1. The van der Waals surface area contributed by atoms with Crippen molar-refractivity contribution in [1.82, 2.24) is 10.4 Å². The number of carbonyl (C=O) groups excluding carboxylic acids is 1. The minimum absolute atomic E-state index is 0.274. The number of nitrogens with zero attached hydrogens (tertiary/aromatic N) is 3. The molecule has 3 aromatic carbocycles. The van der Waals surface area contributed by atoms with Gasteiger partial charge in [0, 0.05) is 24.2 Å². The van der Waals surface area contributed by atoms with Gasteiger partial charge in [0.25, 0.3) is 5.91 Å². The normalized spacial score (nSPS) is 13.7. The molecule has 7 nitrogen and oxygen atoms in total. The molecule has 0 saturated carbocycles. The Morgan fingerprint density at radius 2 is 1.85 bits per heavy atom. The summed E-state index contributed by atoms with van der Waals surface area (Å²) in [6.45, 7) is 9.81. The first-order valence-corrected chi connectivity index (χ1v) is 14.3. The lowest BCUT2D eigenvalue weighted by atomic mass is 10.0. The van der Waals surface area contributed by atoms with Gasteiger partial charge in [0.1, 0.15) is 12.4 Å². The molecule has 0 spiro atoms. The predicted molar refractivity (Wildman–Crippen MR) is 162 cm³/mol. The van der Waals surface area contributed by atoms with Crippen LogP contribution in [0.1, 0.15) is 51.7 Å². The summed E-state index contributed by atoms with van der Waals surface area (Å²) in [6, 6.07) is 23.7. The second-order valence-corrected chi connectivity index (χ2v) is 11.1. The lowest BCUT2D eigenvalue weighted by Gasteiger charge is -2.26. The number of benzene rings is 3. The number of aryl methyl sites for hydroxylation is 1. The van der Waals surface area contributed by atoms with Crippen molar-refractivity contribution in [2.75, 3.05) is 31.2 Å². The summed E-state index contributed by atoms with van der Waals surface area (Å²) < 4.78 is 11.6. The molecule has 1 fully saturated rings. The molecule has 1 N–H and O–H groups in total. The zero-order chi connectivity index (χ0) is 27.9. The first-order valence-electron chi connectivity index (χ1n) is 13.5. The van der Waals surface area contributed by atoms with Crippen LogP contribution in [0.5, 0.6) is 5.75 Å². The van der Waals surface area contributed by atoms with Gasteiger partial charge in [-0.3, -0.25) is 4.79 Å². The zero-order valence-corrected chi connectivity index (χ0v) is 23.9. The Balaban J connectivity index is 1.24. The van der Waals surface area contributed by atoms with Gasteiger partial charge in [-0.15, -0.1) is 0 Å². The van der Waals surface area contributed by atoms with Gasteiger partial charge in [0.15, 0.2) is 5.13 Å². The lowest BCUT2D eigenvalue weighted by molar-refractivity contribution is 0.0955. The van der Waals surface area contributed by atoms with E-state index in [4.69, 9.17) is 14.5 Å². The van der Waals surface area contributed by atoms with Crippen molar-refractivity contribution in [1.29, 1.82) is 0 Å². The maximum atomic E-state index is 12.8. The number of hydrogen-bond acceptors (Lipinski definition) is 7. The van der Waals surface area contributed by atoms with Crippen LogP contribution in [0.15, 0.2) is 77.9 Å². The molecule has 0 radical (unpaired) electrons. The monoisotopic (exact) mass is 554 g/mol. The Hall–Kier alpha value is -4.01. The van der Waals surface area contributed by atoms with Crippen LogP contribution in [0.3, 0.4) is 0 Å². The Bertz CT molecular complexity index is 1460. The maximum absolute atomic E-state index is 12.8. The van der Waals surface area contributed by atoms with Crippen LogP contribution >= 0.6 is 11.3 Å². The molecule has 1 aromatic heterocycles. The molecule has 1 saturated heterocycles. The molecule has 8 heteroatoms. The van der Waals surface area contributed by atoms with Crippen molar-refractivity contribution in [3.63, 3.8) is 0 Å². The van der Waals surface area contributed by atoms with Crippen LogP contribution in [0, 0.1) is 6.92 Å². The van der Waals surface area contributed by atoms with E-state index in [2.05, 4.69) is 54.4 Å². The first kappa shape index (κ1) is 27.6. The molecular formula is C32H34N4O3S. The van der Waals surface area contributed by atoms with E-state index >= 15 is 0 Å². The molecule has 0 unspecified atom stereocenters. The molecule has 2 heterocycles. The number of hydrazone groups is 1. The topological polar surface area (TPSA) is 76.0 Å². The van der Waals surface area contributed by atoms with E-state index in [1.165, 1.54) is 11.1 Å². The maximum Gasteiger partial charge on any atom is 0.271 e. The third-order valence-electron chi connectivity index (χ3n) is 6.72. The summed E-state index contributed by atoms with van der Waals surface area (Å²) in [5.41, 5.74) is 8.39. The Morgan fingerprint density at radius 1 is 1.10 bits per heavy atom. The predicted octanol–water partition coefficient (Wildman–Crippen LogP) is 6.42. The molecule has 1 aliphatic heterocycles. The molecule has 0 atom stereocenters. The third kappa shape index (κ3) is 6.76. The molecule has 40 heavy (non-hydrogen) atoms. The number of ether oxygens (including phenoxy) is 2. The fourth-order valence-electron chi connectivity index (χ4n) is 4.47. The summed E-state index contributed by atoms with van der Waals surface area (Å²) in [6.07, 6.45) is 1.68. The van der Waals surface area contributed by atoms with Crippen LogP contribution in [0.25, 0.3) is 11.3 Å². The molecule has 0 bridgehead atoms. The summed E-state index contributed by atoms with van der Waals surface area (Å²) in [4.78, 5) is 20.8. The highest BCUT2D eigenvalue weighted by molar-refractivity contribution is 7.17. The van der Waals surface area contributed by atoms with Crippen molar-refractivity contribution in [3.8, 4) is 17.0 Å². The number of rotatable bonds is 9. The highest BCUT2D eigenvalue weighted by Crippen LogP contribution is 2.32. The van der Waals surface area contributed by atoms with Crippen LogP contribution in [-0.2, 0) is 11.3 Å². The Labute approximate surface area is 239 Å². The zero-order valence-electron chi connectivity index (χ0n) is 23.1. The number of hydrogen-bond donors (Lipinski definition) is 1. The second kappa shape index (κ2) is 12.9. The van der Waals surface area contributed by atoms with E-state index in [9.17, 15) is 4.79 Å². The number of anilines is 1. The van der Waals surface area contributed by atoms with Crippen molar-refractivity contribution < 1.29 is 14.3 Å². The fourth-order valence-corrected chi connectivity index (χ4v) is 5.48. The summed E-state index contributed by atoms with van der Waals surface area (Å²) in [5.74, 6) is 1.01. The van der Waals surface area contributed by atoms with Crippen LogP contribution in [0.4, 0.5) is 5.13 Å². The number of amides is 1. The molecule has 0 aliphatic carbocycles. The highest BCUT2D eigenvalue weighted by atomic mass is 32.1. The van der Waals surface area contributed by atoms with Gasteiger partial charge in [0.05, 0.1) is 30.0 Å². The first-order chi connectivity index (χ1) is 19.5. The molecular weight excluding hydrogens is 520 g/mol. The minimum atomic E-state index is -0.274. The van der Waals surface area contributed by atoms with Gasteiger partial charge in [-0.2, -0.15) is 5.10 Å². The van der Waals surface area contributed by atoms with Crippen LogP contribution in [0.2, 0.25) is 0 Å². The minimum Gasteiger partial charge on any atom is -0.489 e. The molecule has 1 amide bonds. The lowest BCUT2D eigenvalue weighted by Crippen LogP contribution is -2.36. The SMILES string of the molecule is Cc1ccc(C(C)C)c(OCc2ccc(C(=O)NN=Cc3sc(N4CCOCC4)nc3-c3ccccc3)cc2)c1. The van der Waals surface area contributed by atoms with E-state index in [0.717, 1.165) is 45.7 Å². The molecule has 5 rings (SSSR count). The highest BCUT2D eigenvalue weighted by Gasteiger charge is 2.19. The van der Waals surface area contributed by atoms with Crippen LogP contribution in [-0.4, -0.2) is 43.4 Å². The Kier molecular flexibility index (Phi) is 8.88. The third-order valence-corrected chi connectivity index (χ3v) is 7.77. The number of nitrogens with one attached hydrogen (secondary N) is 1. The summed E-state index contributed by atoms with van der Waals surface area (Å²) in [5, 5.41) is 5.20. The van der Waals surface area contributed by atoms with Gasteiger partial charge in [-0.25, -0.2) is 10.4 Å². The molecule has 206 valence electrons. The van der Waals surface area contributed by atoms with Crippen molar-refractivity contribution in [3.05, 3.63) is 99.9 Å². The Morgan fingerprint density at radius 3 is 2.58 bits per heavy atom. The number of aromatic nitrogens is 1. The van der Waals surface area contributed by atoms with Crippen molar-refractivity contribution >= 4 is 28.6 Å². The van der Waals surface area contributed by atoms with Gasteiger partial charge in [-0.05, 0) is 47.7 Å². The van der Waals surface area contributed by atoms with E-state index in [1.54, 1.807) is 29.7 Å². The average Bonchev–Trinajstić information content (AvgIpc) is 3.41. The van der Waals surface area contributed by atoms with Gasteiger partial charge in [-0.1, -0.05) is 79.8 Å². The van der Waals surface area contributed by atoms with E-state index in [1.807, 2.05) is 42.5 Å². The van der Waals surface area contributed by atoms with E-state index < -0.39 is 0 Å².